The molecule has 0 aliphatic rings. The summed E-state index contributed by atoms with van der Waals surface area (Å²) in [5.74, 6) is -0.565. The lowest BCUT2D eigenvalue weighted by Gasteiger charge is -2.15. The monoisotopic (exact) mass is 404 g/mol. The van der Waals surface area contributed by atoms with E-state index in [4.69, 9.17) is 17.3 Å². The second-order valence-electron chi connectivity index (χ2n) is 5.46. The number of amides is 1. The predicted octanol–water partition coefficient (Wildman–Crippen LogP) is 3.34. The van der Waals surface area contributed by atoms with Crippen LogP contribution in [0.1, 0.15) is 0 Å². The maximum absolute atomic E-state index is 12.9. The zero-order chi connectivity index (χ0) is 19.4. The molecule has 138 valence electrons. The summed E-state index contributed by atoms with van der Waals surface area (Å²) in [4.78, 5) is 27.8. The summed E-state index contributed by atoms with van der Waals surface area (Å²) >= 11 is 7.07. The molecule has 0 spiro atoms. The molecule has 2 aromatic carbocycles. The number of thioether (sulfide) groups is 1. The maximum Gasteiger partial charge on any atom is 0.275 e. The van der Waals surface area contributed by atoms with Gasteiger partial charge in [-0.25, -0.2) is 4.39 Å². The molecule has 9 heteroatoms. The van der Waals surface area contributed by atoms with E-state index < -0.39 is 11.4 Å². The number of nitrogen functional groups attached to an aromatic ring is 1. The second-order valence-corrected chi connectivity index (χ2v) is 6.84. The molecule has 6 nitrogen and oxygen atoms in total. The van der Waals surface area contributed by atoms with Gasteiger partial charge in [-0.1, -0.05) is 29.4 Å². The molecule has 0 aliphatic carbocycles. The first-order chi connectivity index (χ1) is 12.9. The SMILES string of the molecule is Nc1cc(=O)nc(SCC(=O)Nc2ccc(F)cc2)n1-c1cccc(Cl)c1. The van der Waals surface area contributed by atoms with E-state index in [1.165, 1.54) is 30.3 Å². The van der Waals surface area contributed by atoms with E-state index in [0.717, 1.165) is 11.8 Å². The van der Waals surface area contributed by atoms with E-state index in [2.05, 4.69) is 10.3 Å². The molecule has 0 radical (unpaired) electrons. The summed E-state index contributed by atoms with van der Waals surface area (Å²) in [6.45, 7) is 0. The molecule has 3 aromatic rings. The van der Waals surface area contributed by atoms with Crippen molar-refractivity contribution < 1.29 is 9.18 Å². The van der Waals surface area contributed by atoms with Crippen molar-refractivity contribution in [2.45, 2.75) is 5.16 Å². The Kier molecular flexibility index (Phi) is 5.78. The molecular weight excluding hydrogens is 391 g/mol. The molecule has 3 rings (SSSR count). The van der Waals surface area contributed by atoms with Crippen molar-refractivity contribution in [2.75, 3.05) is 16.8 Å². The quantitative estimate of drug-likeness (QED) is 0.503. The van der Waals surface area contributed by atoms with Crippen LogP contribution in [-0.2, 0) is 4.79 Å². The van der Waals surface area contributed by atoms with Crippen molar-refractivity contribution in [1.82, 2.24) is 9.55 Å². The number of carbonyl (C=O) groups excluding carboxylic acids is 1. The fourth-order valence-corrected chi connectivity index (χ4v) is 3.32. The normalized spacial score (nSPS) is 10.6. The maximum atomic E-state index is 12.9. The highest BCUT2D eigenvalue weighted by atomic mass is 35.5. The summed E-state index contributed by atoms with van der Waals surface area (Å²) in [6, 6.07) is 13.5. The van der Waals surface area contributed by atoms with Gasteiger partial charge >= 0.3 is 0 Å². The molecule has 0 aliphatic heterocycles. The molecule has 27 heavy (non-hydrogen) atoms. The van der Waals surface area contributed by atoms with Crippen molar-refractivity contribution in [3.63, 3.8) is 0 Å². The highest BCUT2D eigenvalue weighted by molar-refractivity contribution is 7.99. The zero-order valence-corrected chi connectivity index (χ0v) is 15.4. The molecule has 0 unspecified atom stereocenters. The Hall–Kier alpha value is -2.84. The van der Waals surface area contributed by atoms with E-state index in [0.29, 0.717) is 16.4 Å². The molecule has 0 bridgehead atoms. The number of nitrogens with zero attached hydrogens (tertiary/aromatic N) is 2. The Morgan fingerprint density at radius 1 is 1.22 bits per heavy atom. The lowest BCUT2D eigenvalue weighted by molar-refractivity contribution is -0.113. The second kappa shape index (κ2) is 8.24. The van der Waals surface area contributed by atoms with Crippen molar-refractivity contribution in [3.05, 3.63) is 75.8 Å². The smallest absolute Gasteiger partial charge is 0.275 e. The highest BCUT2D eigenvalue weighted by Crippen LogP contribution is 2.24. The molecular formula is C18H14ClFN4O2S. The summed E-state index contributed by atoms with van der Waals surface area (Å²) in [5.41, 5.74) is 6.56. The van der Waals surface area contributed by atoms with Gasteiger partial charge in [0.1, 0.15) is 11.6 Å². The number of nitrogens with two attached hydrogens (primary N) is 1. The highest BCUT2D eigenvalue weighted by Gasteiger charge is 2.13. The molecule has 0 saturated heterocycles. The van der Waals surface area contributed by atoms with Crippen LogP contribution in [0.4, 0.5) is 15.9 Å². The van der Waals surface area contributed by atoms with Crippen molar-refractivity contribution in [3.8, 4) is 5.69 Å². The first-order valence-corrected chi connectivity index (χ1v) is 9.12. The third-order valence-corrected chi connectivity index (χ3v) is 4.63. The largest absolute Gasteiger partial charge is 0.385 e. The number of aromatic nitrogens is 2. The number of benzene rings is 2. The van der Waals surface area contributed by atoms with E-state index in [1.54, 1.807) is 28.8 Å². The zero-order valence-electron chi connectivity index (χ0n) is 13.9. The Labute approximate surface area is 163 Å². The first kappa shape index (κ1) is 18.9. The van der Waals surface area contributed by atoms with Crippen LogP contribution in [-0.4, -0.2) is 21.2 Å². The average Bonchev–Trinajstić information content (AvgIpc) is 2.61. The Balaban J connectivity index is 1.81. The standard InChI is InChI=1S/C18H14ClFN4O2S/c19-11-2-1-3-14(8-11)24-15(21)9-16(25)23-18(24)27-10-17(26)22-13-6-4-12(20)5-7-13/h1-9H,10,21H2,(H,22,26). The molecule has 0 saturated carbocycles. The van der Waals surface area contributed by atoms with Gasteiger partial charge in [-0.15, -0.1) is 0 Å². The number of anilines is 2. The van der Waals surface area contributed by atoms with Gasteiger partial charge in [-0.05, 0) is 42.5 Å². The van der Waals surface area contributed by atoms with Crippen LogP contribution in [0, 0.1) is 5.82 Å². The van der Waals surface area contributed by atoms with Crippen LogP contribution in [0.5, 0.6) is 0 Å². The number of rotatable bonds is 5. The first-order valence-electron chi connectivity index (χ1n) is 7.76. The number of hydrogen-bond acceptors (Lipinski definition) is 5. The summed E-state index contributed by atoms with van der Waals surface area (Å²) < 4.78 is 14.5. The minimum absolute atomic E-state index is 0.0200. The molecule has 3 N–H and O–H groups in total. The minimum atomic E-state index is -0.507. The van der Waals surface area contributed by atoms with Crippen molar-refractivity contribution in [2.24, 2.45) is 0 Å². The average molecular weight is 405 g/mol. The third-order valence-electron chi connectivity index (χ3n) is 3.45. The number of carbonyl (C=O) groups is 1. The van der Waals surface area contributed by atoms with E-state index in [1.807, 2.05) is 0 Å². The topological polar surface area (TPSA) is 90.0 Å². The van der Waals surface area contributed by atoms with E-state index in [9.17, 15) is 14.0 Å². The van der Waals surface area contributed by atoms with Crippen molar-refractivity contribution >= 4 is 40.8 Å². The molecule has 1 amide bonds. The van der Waals surface area contributed by atoms with Gasteiger partial charge in [0, 0.05) is 16.8 Å². The molecule has 1 heterocycles. The minimum Gasteiger partial charge on any atom is -0.385 e. The van der Waals surface area contributed by atoms with Crippen LogP contribution in [0.25, 0.3) is 5.69 Å². The third kappa shape index (κ3) is 4.87. The van der Waals surface area contributed by atoms with E-state index >= 15 is 0 Å². The van der Waals surface area contributed by atoms with Crippen LogP contribution in [0.15, 0.2) is 64.5 Å². The fraction of sp³-hybridized carbons (Fsp3) is 0.0556. The Bertz CT molecular complexity index is 1040. The lowest BCUT2D eigenvalue weighted by Crippen LogP contribution is -2.19. The van der Waals surface area contributed by atoms with Crippen LogP contribution >= 0.6 is 23.4 Å². The Morgan fingerprint density at radius 3 is 2.67 bits per heavy atom. The summed E-state index contributed by atoms with van der Waals surface area (Å²) in [7, 11) is 0. The van der Waals surface area contributed by atoms with Crippen molar-refractivity contribution in [1.29, 1.82) is 0 Å². The Morgan fingerprint density at radius 2 is 1.96 bits per heavy atom. The van der Waals surface area contributed by atoms with Gasteiger partial charge in [0.05, 0.1) is 11.4 Å². The van der Waals surface area contributed by atoms with Gasteiger partial charge in [-0.3, -0.25) is 14.2 Å². The van der Waals surface area contributed by atoms with Gasteiger partial charge in [0.2, 0.25) is 5.91 Å². The van der Waals surface area contributed by atoms with Crippen LogP contribution in [0.3, 0.4) is 0 Å². The van der Waals surface area contributed by atoms with Crippen LogP contribution in [0.2, 0.25) is 5.02 Å². The number of nitrogens with one attached hydrogen (secondary N) is 1. The van der Waals surface area contributed by atoms with Gasteiger partial charge < -0.3 is 11.1 Å². The molecule has 0 fully saturated rings. The van der Waals surface area contributed by atoms with Gasteiger partial charge in [-0.2, -0.15) is 4.98 Å². The predicted molar refractivity (Wildman–Crippen MR) is 105 cm³/mol. The lowest BCUT2D eigenvalue weighted by atomic mass is 10.3. The van der Waals surface area contributed by atoms with Gasteiger partial charge in [0.15, 0.2) is 5.16 Å². The summed E-state index contributed by atoms with van der Waals surface area (Å²) in [5, 5.41) is 3.40. The number of halogens is 2. The molecule has 0 atom stereocenters. The fourth-order valence-electron chi connectivity index (χ4n) is 2.31. The van der Waals surface area contributed by atoms with E-state index in [-0.39, 0.29) is 22.6 Å². The van der Waals surface area contributed by atoms with Gasteiger partial charge in [0.25, 0.3) is 5.56 Å². The number of hydrogen-bond donors (Lipinski definition) is 2. The summed E-state index contributed by atoms with van der Waals surface area (Å²) in [6.07, 6.45) is 0. The molecule has 1 aromatic heterocycles. The van der Waals surface area contributed by atoms with Crippen LogP contribution < -0.4 is 16.6 Å².